The smallest absolute Gasteiger partial charge is 0.134 e. The van der Waals surface area contributed by atoms with Gasteiger partial charge in [0.05, 0.1) is 6.04 Å². The maximum Gasteiger partial charge on any atom is 0.134 e. The lowest BCUT2D eigenvalue weighted by Gasteiger charge is -2.10. The van der Waals surface area contributed by atoms with Crippen LogP contribution >= 0.6 is 0 Å². The van der Waals surface area contributed by atoms with Crippen molar-refractivity contribution < 1.29 is 8.81 Å². The fourth-order valence-electron chi connectivity index (χ4n) is 1.89. The summed E-state index contributed by atoms with van der Waals surface area (Å²) < 4.78 is 18.8. The van der Waals surface area contributed by atoms with Crippen LogP contribution in [0.25, 0.3) is 11.0 Å². The molecule has 3 nitrogen and oxygen atoms in total. The number of halogens is 1. The van der Waals surface area contributed by atoms with Crippen molar-refractivity contribution in [3.8, 4) is 12.3 Å². The Kier molecular flexibility index (Phi) is 3.14. The van der Waals surface area contributed by atoms with Gasteiger partial charge in [-0.2, -0.15) is 0 Å². The SMILES string of the molecule is C#CCC(NN)c1oc2ccc(F)cc2c1C. The summed E-state index contributed by atoms with van der Waals surface area (Å²) in [6.45, 7) is 1.86. The number of benzene rings is 1. The molecule has 0 amide bonds. The van der Waals surface area contributed by atoms with Crippen LogP contribution in [-0.4, -0.2) is 0 Å². The van der Waals surface area contributed by atoms with Crippen molar-refractivity contribution in [3.05, 3.63) is 35.3 Å². The fourth-order valence-corrected chi connectivity index (χ4v) is 1.89. The Morgan fingerprint density at radius 1 is 1.59 bits per heavy atom. The van der Waals surface area contributed by atoms with Crippen LogP contribution in [0.2, 0.25) is 0 Å². The van der Waals surface area contributed by atoms with E-state index in [1.54, 1.807) is 6.07 Å². The highest BCUT2D eigenvalue weighted by molar-refractivity contribution is 5.82. The first kappa shape index (κ1) is 11.6. The van der Waals surface area contributed by atoms with Gasteiger partial charge in [0.15, 0.2) is 0 Å². The molecule has 3 N–H and O–H groups in total. The van der Waals surface area contributed by atoms with Gasteiger partial charge in [-0.15, -0.1) is 12.3 Å². The minimum Gasteiger partial charge on any atom is -0.459 e. The van der Waals surface area contributed by atoms with Crippen molar-refractivity contribution >= 4 is 11.0 Å². The normalized spacial score (nSPS) is 12.6. The standard InChI is InChI=1S/C13H13FN2O/c1-3-4-11(16-15)13-8(2)10-7-9(14)5-6-12(10)17-13/h1,5-7,11,16H,4,15H2,2H3. The molecule has 0 bridgehead atoms. The lowest BCUT2D eigenvalue weighted by molar-refractivity contribution is 0.439. The largest absolute Gasteiger partial charge is 0.459 e. The number of nitrogens with two attached hydrogens (primary N) is 1. The van der Waals surface area contributed by atoms with Gasteiger partial charge in [-0.3, -0.25) is 5.84 Å². The molecule has 0 radical (unpaired) electrons. The minimum atomic E-state index is -0.290. The molecular weight excluding hydrogens is 219 g/mol. The second kappa shape index (κ2) is 4.58. The summed E-state index contributed by atoms with van der Waals surface area (Å²) >= 11 is 0. The predicted octanol–water partition coefficient (Wildman–Crippen LogP) is 2.41. The molecule has 4 heteroatoms. The molecule has 0 aliphatic heterocycles. The van der Waals surface area contributed by atoms with E-state index in [0.717, 1.165) is 10.9 Å². The van der Waals surface area contributed by atoms with Gasteiger partial charge in [-0.1, -0.05) is 0 Å². The van der Waals surface area contributed by atoms with Gasteiger partial charge in [-0.25, -0.2) is 9.82 Å². The quantitative estimate of drug-likeness (QED) is 0.485. The average Bonchev–Trinajstić information content (AvgIpc) is 2.64. The number of fused-ring (bicyclic) bond motifs is 1. The van der Waals surface area contributed by atoms with E-state index in [4.69, 9.17) is 16.7 Å². The Hall–Kier alpha value is -1.83. The monoisotopic (exact) mass is 232 g/mol. The number of hydrazine groups is 1. The maximum atomic E-state index is 13.1. The van der Waals surface area contributed by atoms with E-state index >= 15 is 0 Å². The topological polar surface area (TPSA) is 51.2 Å². The van der Waals surface area contributed by atoms with E-state index in [1.165, 1.54) is 12.1 Å². The summed E-state index contributed by atoms with van der Waals surface area (Å²) in [5, 5.41) is 0.747. The second-order valence-electron chi connectivity index (χ2n) is 3.86. The summed E-state index contributed by atoms with van der Waals surface area (Å²) in [4.78, 5) is 0. The summed E-state index contributed by atoms with van der Waals surface area (Å²) in [5.41, 5.74) is 4.10. The lowest BCUT2D eigenvalue weighted by atomic mass is 10.1. The molecule has 0 aliphatic carbocycles. The van der Waals surface area contributed by atoms with Crippen LogP contribution in [0, 0.1) is 25.1 Å². The van der Waals surface area contributed by atoms with Gasteiger partial charge in [0.25, 0.3) is 0 Å². The molecule has 2 aromatic rings. The molecule has 1 heterocycles. The third-order valence-corrected chi connectivity index (χ3v) is 2.77. The minimum absolute atomic E-state index is 0.254. The van der Waals surface area contributed by atoms with Gasteiger partial charge >= 0.3 is 0 Å². The Labute approximate surface area is 98.8 Å². The number of furan rings is 1. The number of nitrogens with one attached hydrogen (secondary N) is 1. The number of aryl methyl sites for hydroxylation is 1. The van der Waals surface area contributed by atoms with Gasteiger partial charge in [-0.05, 0) is 25.1 Å². The Balaban J connectivity index is 2.55. The Morgan fingerprint density at radius 3 is 3.00 bits per heavy atom. The van der Waals surface area contributed by atoms with Gasteiger partial charge in [0.1, 0.15) is 17.2 Å². The molecular formula is C13H13FN2O. The molecule has 0 fully saturated rings. The molecule has 0 saturated heterocycles. The zero-order valence-electron chi connectivity index (χ0n) is 9.46. The van der Waals surface area contributed by atoms with Crippen LogP contribution < -0.4 is 11.3 Å². The summed E-state index contributed by atoms with van der Waals surface area (Å²) in [6.07, 6.45) is 5.68. The highest BCUT2D eigenvalue weighted by Gasteiger charge is 2.18. The van der Waals surface area contributed by atoms with E-state index in [-0.39, 0.29) is 11.9 Å². The van der Waals surface area contributed by atoms with Crippen LogP contribution in [0.1, 0.15) is 23.8 Å². The van der Waals surface area contributed by atoms with Crippen molar-refractivity contribution in [2.45, 2.75) is 19.4 Å². The molecule has 0 saturated carbocycles. The first-order valence-electron chi connectivity index (χ1n) is 5.25. The Bertz CT molecular complexity index is 583. The third-order valence-electron chi connectivity index (χ3n) is 2.77. The molecule has 0 spiro atoms. The van der Waals surface area contributed by atoms with Gasteiger partial charge in [0.2, 0.25) is 0 Å². The second-order valence-corrected chi connectivity index (χ2v) is 3.86. The number of hydrogen-bond donors (Lipinski definition) is 2. The third kappa shape index (κ3) is 2.03. The van der Waals surface area contributed by atoms with Crippen molar-refractivity contribution in [2.24, 2.45) is 5.84 Å². The predicted molar refractivity (Wildman–Crippen MR) is 64.4 cm³/mol. The molecule has 1 unspecified atom stereocenters. The van der Waals surface area contributed by atoms with Crippen molar-refractivity contribution in [1.82, 2.24) is 5.43 Å². The summed E-state index contributed by atoms with van der Waals surface area (Å²) in [5.74, 6) is 8.32. The molecule has 88 valence electrons. The van der Waals surface area contributed by atoms with E-state index in [1.807, 2.05) is 6.92 Å². The molecule has 17 heavy (non-hydrogen) atoms. The zero-order chi connectivity index (χ0) is 12.4. The van der Waals surface area contributed by atoms with E-state index in [9.17, 15) is 4.39 Å². The van der Waals surface area contributed by atoms with Crippen LogP contribution in [0.15, 0.2) is 22.6 Å². The summed E-state index contributed by atoms with van der Waals surface area (Å²) in [7, 11) is 0. The van der Waals surface area contributed by atoms with Crippen LogP contribution in [0.5, 0.6) is 0 Å². The van der Waals surface area contributed by atoms with Crippen molar-refractivity contribution in [3.63, 3.8) is 0 Å². The summed E-state index contributed by atoms with van der Waals surface area (Å²) in [6, 6.07) is 4.16. The number of hydrogen-bond acceptors (Lipinski definition) is 3. The fraction of sp³-hybridized carbons (Fsp3) is 0.231. The number of terminal acetylenes is 1. The van der Waals surface area contributed by atoms with Crippen molar-refractivity contribution in [2.75, 3.05) is 0 Å². The van der Waals surface area contributed by atoms with Crippen LogP contribution in [0.3, 0.4) is 0 Å². The first-order chi connectivity index (χ1) is 8.17. The van der Waals surface area contributed by atoms with Crippen LogP contribution in [-0.2, 0) is 0 Å². The average molecular weight is 232 g/mol. The Morgan fingerprint density at radius 2 is 2.35 bits per heavy atom. The lowest BCUT2D eigenvalue weighted by Crippen LogP contribution is -2.27. The molecule has 1 aromatic heterocycles. The molecule has 2 rings (SSSR count). The highest BCUT2D eigenvalue weighted by atomic mass is 19.1. The van der Waals surface area contributed by atoms with E-state index < -0.39 is 0 Å². The highest BCUT2D eigenvalue weighted by Crippen LogP contribution is 2.30. The van der Waals surface area contributed by atoms with E-state index in [2.05, 4.69) is 11.3 Å². The van der Waals surface area contributed by atoms with Crippen LogP contribution in [0.4, 0.5) is 4.39 Å². The maximum absolute atomic E-state index is 13.1. The zero-order valence-corrected chi connectivity index (χ0v) is 9.46. The van der Waals surface area contributed by atoms with Gasteiger partial charge < -0.3 is 4.42 Å². The molecule has 1 aromatic carbocycles. The number of rotatable bonds is 3. The molecule has 0 aliphatic rings. The first-order valence-corrected chi connectivity index (χ1v) is 5.25. The van der Waals surface area contributed by atoms with Gasteiger partial charge in [0, 0.05) is 17.4 Å². The van der Waals surface area contributed by atoms with Crippen molar-refractivity contribution in [1.29, 1.82) is 0 Å². The molecule has 1 atom stereocenters. The van der Waals surface area contributed by atoms with E-state index in [0.29, 0.717) is 17.8 Å².